The maximum atomic E-state index is 6.00. The Bertz CT molecular complexity index is 514. The second kappa shape index (κ2) is 6.85. The van der Waals surface area contributed by atoms with Gasteiger partial charge in [-0.3, -0.25) is 0 Å². The molecule has 1 aromatic carbocycles. The van der Waals surface area contributed by atoms with Crippen molar-refractivity contribution in [1.82, 2.24) is 5.32 Å². The largest absolute Gasteiger partial charge is 0.491 e. The van der Waals surface area contributed by atoms with Gasteiger partial charge in [0.05, 0.1) is 17.3 Å². The third-order valence-electron chi connectivity index (χ3n) is 2.67. The van der Waals surface area contributed by atoms with Crippen molar-refractivity contribution in [2.24, 2.45) is 0 Å². The number of furan rings is 1. The van der Waals surface area contributed by atoms with E-state index in [0.29, 0.717) is 28.9 Å². The van der Waals surface area contributed by atoms with Crippen LogP contribution in [0.2, 0.25) is 10.0 Å². The normalized spacial score (nSPS) is 12.4. The maximum Gasteiger partial charge on any atom is 0.139 e. The number of nitrogens with one attached hydrogen (secondary N) is 1. The predicted octanol–water partition coefficient (Wildman–Crippen LogP) is 4.32. The van der Waals surface area contributed by atoms with Crippen LogP contribution in [0.5, 0.6) is 5.75 Å². The van der Waals surface area contributed by atoms with Crippen LogP contribution < -0.4 is 10.1 Å². The van der Waals surface area contributed by atoms with E-state index in [0.717, 1.165) is 5.76 Å². The van der Waals surface area contributed by atoms with E-state index in [1.807, 2.05) is 19.1 Å². The fourth-order valence-corrected chi connectivity index (χ4v) is 2.00. The Balaban J connectivity index is 1.76. The molecule has 3 nitrogen and oxygen atoms in total. The fourth-order valence-electron chi connectivity index (χ4n) is 1.66. The molecule has 0 saturated heterocycles. The molecule has 2 rings (SSSR count). The zero-order valence-electron chi connectivity index (χ0n) is 10.5. The van der Waals surface area contributed by atoms with E-state index < -0.39 is 0 Å². The van der Waals surface area contributed by atoms with Gasteiger partial charge in [-0.1, -0.05) is 23.2 Å². The van der Waals surface area contributed by atoms with Gasteiger partial charge < -0.3 is 14.5 Å². The van der Waals surface area contributed by atoms with Crippen LogP contribution in [0, 0.1) is 0 Å². The van der Waals surface area contributed by atoms with Crippen LogP contribution >= 0.6 is 23.2 Å². The van der Waals surface area contributed by atoms with Gasteiger partial charge in [0.1, 0.15) is 18.1 Å². The molecule has 0 aliphatic heterocycles. The van der Waals surface area contributed by atoms with E-state index >= 15 is 0 Å². The van der Waals surface area contributed by atoms with Crippen LogP contribution in [0.25, 0.3) is 0 Å². The van der Waals surface area contributed by atoms with E-state index in [-0.39, 0.29) is 6.04 Å². The summed E-state index contributed by atoms with van der Waals surface area (Å²) in [6.07, 6.45) is 1.66. The van der Waals surface area contributed by atoms with Gasteiger partial charge in [0.25, 0.3) is 0 Å². The van der Waals surface area contributed by atoms with Crippen molar-refractivity contribution in [2.75, 3.05) is 13.2 Å². The Kier molecular flexibility index (Phi) is 5.14. The minimum atomic E-state index is 0.147. The molecule has 19 heavy (non-hydrogen) atoms. The lowest BCUT2D eigenvalue weighted by Gasteiger charge is -2.12. The number of rotatable bonds is 6. The van der Waals surface area contributed by atoms with Gasteiger partial charge >= 0.3 is 0 Å². The van der Waals surface area contributed by atoms with Crippen molar-refractivity contribution in [3.63, 3.8) is 0 Å². The molecule has 0 spiro atoms. The van der Waals surface area contributed by atoms with Crippen LogP contribution in [0.3, 0.4) is 0 Å². The van der Waals surface area contributed by atoms with E-state index in [1.54, 1.807) is 24.5 Å². The second-order valence-electron chi connectivity index (χ2n) is 4.11. The van der Waals surface area contributed by atoms with Gasteiger partial charge in [-0.05, 0) is 31.2 Å². The highest BCUT2D eigenvalue weighted by Gasteiger charge is 2.07. The van der Waals surface area contributed by atoms with Crippen LogP contribution in [-0.4, -0.2) is 13.2 Å². The summed E-state index contributed by atoms with van der Waals surface area (Å²) in [4.78, 5) is 0. The first-order chi connectivity index (χ1) is 9.16. The molecule has 1 heterocycles. The highest BCUT2D eigenvalue weighted by molar-refractivity contribution is 6.34. The number of hydrogen-bond acceptors (Lipinski definition) is 3. The summed E-state index contributed by atoms with van der Waals surface area (Å²) in [5.74, 6) is 1.50. The third-order valence-corrected chi connectivity index (χ3v) is 3.22. The molecule has 0 bridgehead atoms. The SMILES string of the molecule is CC(NCCOc1cc(Cl)ccc1Cl)c1ccco1. The lowest BCUT2D eigenvalue weighted by Crippen LogP contribution is -2.24. The summed E-state index contributed by atoms with van der Waals surface area (Å²) >= 11 is 11.9. The van der Waals surface area contributed by atoms with Gasteiger partial charge in [0, 0.05) is 17.6 Å². The third kappa shape index (κ3) is 4.16. The molecule has 1 atom stereocenters. The maximum absolute atomic E-state index is 6.00. The predicted molar refractivity (Wildman–Crippen MR) is 77.1 cm³/mol. The van der Waals surface area contributed by atoms with Gasteiger partial charge in [0.2, 0.25) is 0 Å². The van der Waals surface area contributed by atoms with Crippen molar-refractivity contribution in [2.45, 2.75) is 13.0 Å². The van der Waals surface area contributed by atoms with Gasteiger partial charge in [-0.15, -0.1) is 0 Å². The highest BCUT2D eigenvalue weighted by atomic mass is 35.5. The van der Waals surface area contributed by atoms with Gasteiger partial charge in [-0.25, -0.2) is 0 Å². The molecule has 1 N–H and O–H groups in total. The first kappa shape index (κ1) is 14.3. The van der Waals surface area contributed by atoms with Gasteiger partial charge in [0.15, 0.2) is 0 Å². The monoisotopic (exact) mass is 299 g/mol. The molecule has 0 radical (unpaired) electrons. The molecule has 0 saturated carbocycles. The quantitative estimate of drug-likeness (QED) is 0.807. The van der Waals surface area contributed by atoms with Crippen molar-refractivity contribution in [3.05, 3.63) is 52.4 Å². The fraction of sp³-hybridized carbons (Fsp3) is 0.286. The topological polar surface area (TPSA) is 34.4 Å². The lowest BCUT2D eigenvalue weighted by atomic mass is 10.2. The van der Waals surface area contributed by atoms with Crippen molar-refractivity contribution in [1.29, 1.82) is 0 Å². The minimum Gasteiger partial charge on any atom is -0.491 e. The second-order valence-corrected chi connectivity index (χ2v) is 4.96. The molecule has 0 aliphatic carbocycles. The molecule has 1 aromatic heterocycles. The average Bonchev–Trinajstić information content (AvgIpc) is 2.92. The zero-order valence-corrected chi connectivity index (χ0v) is 12.0. The molecule has 102 valence electrons. The lowest BCUT2D eigenvalue weighted by molar-refractivity contribution is 0.302. The van der Waals surface area contributed by atoms with Crippen molar-refractivity contribution >= 4 is 23.2 Å². The number of ether oxygens (including phenoxy) is 1. The molecular weight excluding hydrogens is 285 g/mol. The molecule has 1 unspecified atom stereocenters. The smallest absolute Gasteiger partial charge is 0.139 e. The molecule has 5 heteroatoms. The minimum absolute atomic E-state index is 0.147. The Morgan fingerprint density at radius 3 is 2.89 bits per heavy atom. The Hall–Kier alpha value is -1.16. The van der Waals surface area contributed by atoms with E-state index in [1.165, 1.54) is 0 Å². The van der Waals surface area contributed by atoms with Crippen LogP contribution in [0.15, 0.2) is 41.0 Å². The van der Waals surface area contributed by atoms with E-state index in [9.17, 15) is 0 Å². The van der Waals surface area contributed by atoms with Gasteiger partial charge in [-0.2, -0.15) is 0 Å². The summed E-state index contributed by atoms with van der Waals surface area (Å²) in [6.45, 7) is 3.22. The molecule has 0 amide bonds. The summed E-state index contributed by atoms with van der Waals surface area (Å²) in [5.41, 5.74) is 0. The molecule has 2 aromatic rings. The summed E-state index contributed by atoms with van der Waals surface area (Å²) in [5, 5.41) is 4.46. The molecular formula is C14H15Cl2NO2. The first-order valence-electron chi connectivity index (χ1n) is 6.01. The summed E-state index contributed by atoms with van der Waals surface area (Å²) in [6, 6.07) is 9.11. The standard InChI is InChI=1S/C14H15Cl2NO2/c1-10(13-3-2-7-18-13)17-6-8-19-14-9-11(15)4-5-12(14)16/h2-5,7,9-10,17H,6,8H2,1H3. The number of halogens is 2. The van der Waals surface area contributed by atoms with E-state index in [4.69, 9.17) is 32.4 Å². The molecule has 0 aliphatic rings. The Morgan fingerprint density at radius 2 is 2.16 bits per heavy atom. The number of benzene rings is 1. The first-order valence-corrected chi connectivity index (χ1v) is 6.77. The molecule has 0 fully saturated rings. The highest BCUT2D eigenvalue weighted by Crippen LogP contribution is 2.27. The summed E-state index contributed by atoms with van der Waals surface area (Å²) < 4.78 is 10.9. The zero-order chi connectivity index (χ0) is 13.7. The van der Waals surface area contributed by atoms with Crippen molar-refractivity contribution < 1.29 is 9.15 Å². The number of hydrogen-bond donors (Lipinski definition) is 1. The average molecular weight is 300 g/mol. The van der Waals surface area contributed by atoms with Crippen LogP contribution in [-0.2, 0) is 0 Å². The van der Waals surface area contributed by atoms with Crippen molar-refractivity contribution in [3.8, 4) is 5.75 Å². The van der Waals surface area contributed by atoms with Crippen LogP contribution in [0.1, 0.15) is 18.7 Å². The Morgan fingerprint density at radius 1 is 1.32 bits per heavy atom. The summed E-state index contributed by atoms with van der Waals surface area (Å²) in [7, 11) is 0. The van der Waals surface area contributed by atoms with Crippen LogP contribution in [0.4, 0.5) is 0 Å². The Labute approximate surface area is 122 Å². The van der Waals surface area contributed by atoms with E-state index in [2.05, 4.69) is 5.32 Å².